The number of ether oxygens (including phenoxy) is 1. The molecule has 0 unspecified atom stereocenters. The summed E-state index contributed by atoms with van der Waals surface area (Å²) < 4.78 is 5.23. The van der Waals surface area contributed by atoms with Gasteiger partial charge in [0, 0.05) is 19.3 Å². The maximum absolute atomic E-state index is 11.7. The third-order valence-electron chi connectivity index (χ3n) is 2.91. The molecule has 1 aliphatic heterocycles. The van der Waals surface area contributed by atoms with Gasteiger partial charge in [-0.1, -0.05) is 17.7 Å². The molecule has 1 N–H and O–H groups in total. The molecular formula is C15H20ClN3O2. The van der Waals surface area contributed by atoms with Crippen LogP contribution in [-0.4, -0.2) is 34.8 Å². The minimum absolute atomic E-state index is 0.427. The van der Waals surface area contributed by atoms with Crippen LogP contribution in [0.2, 0.25) is 5.02 Å². The Morgan fingerprint density at radius 1 is 1.43 bits per heavy atom. The van der Waals surface area contributed by atoms with Crippen LogP contribution in [-0.2, 0) is 4.74 Å². The molecule has 1 aromatic heterocycles. The molecule has 1 amide bonds. The predicted octanol–water partition coefficient (Wildman–Crippen LogP) is 3.26. The van der Waals surface area contributed by atoms with E-state index in [9.17, 15) is 4.79 Å². The Balaban J connectivity index is 1.90. The van der Waals surface area contributed by atoms with Gasteiger partial charge in [0.15, 0.2) is 0 Å². The summed E-state index contributed by atoms with van der Waals surface area (Å²) in [5.41, 5.74) is 4.34. The Labute approximate surface area is 129 Å². The molecule has 1 aromatic rings. The smallest absolute Gasteiger partial charge is 0.422 e. The first-order valence-electron chi connectivity index (χ1n) is 6.89. The lowest BCUT2D eigenvalue weighted by Crippen LogP contribution is -2.46. The molecule has 5 nitrogen and oxygen atoms in total. The normalized spacial score (nSPS) is 16.3. The topological polar surface area (TPSA) is 54.5 Å². The van der Waals surface area contributed by atoms with Crippen LogP contribution in [0.5, 0.6) is 0 Å². The number of hydrazine groups is 1. The first-order chi connectivity index (χ1) is 9.83. The summed E-state index contributed by atoms with van der Waals surface area (Å²) in [7, 11) is 0. The molecule has 2 rings (SSSR count). The van der Waals surface area contributed by atoms with Crippen molar-refractivity contribution in [3.8, 4) is 0 Å². The molecule has 0 aromatic carbocycles. The largest absolute Gasteiger partial charge is 0.443 e. The minimum atomic E-state index is -0.492. The van der Waals surface area contributed by atoms with E-state index < -0.39 is 11.7 Å². The highest BCUT2D eigenvalue weighted by molar-refractivity contribution is 6.30. The highest BCUT2D eigenvalue weighted by Gasteiger charge is 2.20. The third kappa shape index (κ3) is 5.02. The lowest BCUT2D eigenvalue weighted by molar-refractivity contribution is 0.0346. The number of pyridine rings is 1. The molecule has 0 spiro atoms. The van der Waals surface area contributed by atoms with E-state index in [0.717, 1.165) is 24.2 Å². The van der Waals surface area contributed by atoms with E-state index in [4.69, 9.17) is 16.3 Å². The van der Waals surface area contributed by atoms with Gasteiger partial charge in [-0.15, -0.1) is 0 Å². The highest BCUT2D eigenvalue weighted by Crippen LogP contribution is 2.21. The van der Waals surface area contributed by atoms with E-state index in [0.29, 0.717) is 11.6 Å². The predicted molar refractivity (Wildman–Crippen MR) is 82.8 cm³/mol. The van der Waals surface area contributed by atoms with E-state index in [1.165, 1.54) is 0 Å². The van der Waals surface area contributed by atoms with E-state index in [1.807, 2.05) is 37.9 Å². The summed E-state index contributed by atoms with van der Waals surface area (Å²) >= 11 is 5.83. The lowest BCUT2D eigenvalue weighted by atomic mass is 10.1. The molecule has 21 heavy (non-hydrogen) atoms. The molecule has 0 fully saturated rings. The Hall–Kier alpha value is -1.59. The van der Waals surface area contributed by atoms with Crippen LogP contribution in [0.4, 0.5) is 4.79 Å². The van der Waals surface area contributed by atoms with Crippen molar-refractivity contribution < 1.29 is 9.53 Å². The van der Waals surface area contributed by atoms with E-state index in [2.05, 4.69) is 16.5 Å². The van der Waals surface area contributed by atoms with Gasteiger partial charge in [0.25, 0.3) is 0 Å². The summed E-state index contributed by atoms with van der Waals surface area (Å²) in [6.07, 6.45) is 4.08. The van der Waals surface area contributed by atoms with Crippen LogP contribution < -0.4 is 5.43 Å². The van der Waals surface area contributed by atoms with Crippen molar-refractivity contribution >= 4 is 23.3 Å². The summed E-state index contributed by atoms with van der Waals surface area (Å²) in [6.45, 7) is 6.86. The Morgan fingerprint density at radius 3 is 2.71 bits per heavy atom. The molecule has 0 radical (unpaired) electrons. The summed E-state index contributed by atoms with van der Waals surface area (Å²) in [5, 5.41) is 2.46. The van der Waals surface area contributed by atoms with E-state index >= 15 is 0 Å². The fraction of sp³-hybridized carbons (Fsp3) is 0.467. The van der Waals surface area contributed by atoms with Crippen molar-refractivity contribution in [2.45, 2.75) is 32.8 Å². The molecule has 0 aliphatic carbocycles. The lowest BCUT2D eigenvalue weighted by Gasteiger charge is -2.28. The zero-order valence-electron chi connectivity index (χ0n) is 12.5. The van der Waals surface area contributed by atoms with Gasteiger partial charge in [0.1, 0.15) is 5.60 Å². The van der Waals surface area contributed by atoms with Crippen LogP contribution in [0, 0.1) is 0 Å². The average Bonchev–Trinajstić information content (AvgIpc) is 2.38. The molecule has 0 bridgehead atoms. The molecular weight excluding hydrogens is 290 g/mol. The first-order valence-corrected chi connectivity index (χ1v) is 7.27. The van der Waals surface area contributed by atoms with Crippen molar-refractivity contribution in [3.05, 3.63) is 35.1 Å². The van der Waals surface area contributed by atoms with Crippen molar-refractivity contribution in [2.75, 3.05) is 13.1 Å². The fourth-order valence-electron chi connectivity index (χ4n) is 2.00. The zero-order valence-corrected chi connectivity index (χ0v) is 13.3. The minimum Gasteiger partial charge on any atom is -0.443 e. The maximum atomic E-state index is 11.7. The van der Waals surface area contributed by atoms with Gasteiger partial charge in [0.05, 0.1) is 10.7 Å². The molecule has 1 aliphatic rings. The molecule has 6 heteroatoms. The molecule has 0 atom stereocenters. The van der Waals surface area contributed by atoms with E-state index in [-0.39, 0.29) is 0 Å². The molecule has 2 heterocycles. The summed E-state index contributed by atoms with van der Waals surface area (Å²) in [5.74, 6) is 0. The number of carbonyl (C=O) groups is 1. The number of nitrogens with zero attached hydrogens (tertiary/aromatic N) is 2. The Kier molecular flexibility index (Phi) is 4.85. The van der Waals surface area contributed by atoms with Gasteiger partial charge in [-0.3, -0.25) is 10.4 Å². The fourth-order valence-corrected chi connectivity index (χ4v) is 2.11. The number of hydrogen-bond donors (Lipinski definition) is 1. The average molecular weight is 310 g/mol. The van der Waals surface area contributed by atoms with Crippen LogP contribution in [0.15, 0.2) is 24.4 Å². The molecule has 114 valence electrons. The number of aromatic nitrogens is 1. The van der Waals surface area contributed by atoms with Crippen LogP contribution >= 0.6 is 11.6 Å². The highest BCUT2D eigenvalue weighted by atomic mass is 35.5. The first kappa shape index (κ1) is 15.8. The van der Waals surface area contributed by atoms with Crippen molar-refractivity contribution in [2.24, 2.45) is 0 Å². The zero-order chi connectivity index (χ0) is 15.5. The quantitative estimate of drug-likeness (QED) is 0.911. The molecule has 0 saturated heterocycles. The monoisotopic (exact) mass is 309 g/mol. The van der Waals surface area contributed by atoms with E-state index in [1.54, 1.807) is 6.20 Å². The summed E-state index contributed by atoms with van der Waals surface area (Å²) in [4.78, 5) is 16.0. The summed E-state index contributed by atoms with van der Waals surface area (Å²) in [6, 6.07) is 3.74. The maximum Gasteiger partial charge on any atom is 0.422 e. The standard InChI is InChI=1S/C15H20ClN3O2/c1-15(2,3)21-14(20)18-19-8-6-11(7-9-19)13-5-4-12(16)10-17-13/h4-6,10H,7-9H2,1-3H3,(H,18,20). The second-order valence-corrected chi connectivity index (χ2v) is 6.34. The molecule has 0 saturated carbocycles. The SMILES string of the molecule is CC(C)(C)OC(=O)NN1CC=C(c2ccc(Cl)cn2)CC1. The Bertz CT molecular complexity index is 535. The number of hydrogen-bond acceptors (Lipinski definition) is 4. The van der Waals surface area contributed by atoms with Gasteiger partial charge in [-0.25, -0.2) is 9.80 Å². The number of nitrogens with one attached hydrogen (secondary N) is 1. The second kappa shape index (κ2) is 6.45. The van der Waals surface area contributed by atoms with Crippen molar-refractivity contribution in [1.82, 2.24) is 15.4 Å². The number of carbonyl (C=O) groups excluding carboxylic acids is 1. The van der Waals surface area contributed by atoms with Gasteiger partial charge < -0.3 is 4.74 Å². The van der Waals surface area contributed by atoms with Crippen LogP contribution in [0.3, 0.4) is 0 Å². The second-order valence-electron chi connectivity index (χ2n) is 5.90. The van der Waals surface area contributed by atoms with Crippen molar-refractivity contribution in [3.63, 3.8) is 0 Å². The Morgan fingerprint density at radius 2 is 2.19 bits per heavy atom. The number of rotatable bonds is 2. The van der Waals surface area contributed by atoms with Gasteiger partial charge >= 0.3 is 6.09 Å². The van der Waals surface area contributed by atoms with Crippen molar-refractivity contribution in [1.29, 1.82) is 0 Å². The van der Waals surface area contributed by atoms with Crippen LogP contribution in [0.25, 0.3) is 5.57 Å². The van der Waals surface area contributed by atoms with Gasteiger partial charge in [-0.2, -0.15) is 0 Å². The van der Waals surface area contributed by atoms with Crippen LogP contribution in [0.1, 0.15) is 32.9 Å². The van der Waals surface area contributed by atoms with Gasteiger partial charge in [0.2, 0.25) is 0 Å². The third-order valence-corrected chi connectivity index (χ3v) is 3.14. The number of halogens is 1. The van der Waals surface area contributed by atoms with Gasteiger partial charge in [-0.05, 0) is 44.9 Å². The number of amides is 1.